The summed E-state index contributed by atoms with van der Waals surface area (Å²) in [4.78, 5) is 113. The average Bonchev–Trinajstić information content (AvgIpc) is 3.67. The molecule has 0 aliphatic heterocycles. The first-order valence-corrected chi connectivity index (χ1v) is 25.5. The van der Waals surface area contributed by atoms with E-state index in [1.165, 1.54) is 0 Å². The van der Waals surface area contributed by atoms with Gasteiger partial charge in [-0.2, -0.15) is 12.6 Å². The molecular formula is C50H84N10O9S. The zero-order chi connectivity index (χ0) is 52.8. The molecule has 0 spiro atoms. The highest BCUT2D eigenvalue weighted by Crippen LogP contribution is 2.20. The van der Waals surface area contributed by atoms with Gasteiger partial charge in [0.15, 0.2) is 0 Å². The quantitative estimate of drug-likeness (QED) is 0.0374. The molecule has 2 rings (SSSR count). The molecule has 1 aromatic heterocycles. The molecule has 8 atom stereocenters. The lowest BCUT2D eigenvalue weighted by atomic mass is 9.98. The minimum Gasteiger partial charge on any atom is -0.480 e. The second-order valence-electron chi connectivity index (χ2n) is 20.6. The predicted octanol–water partition coefficient (Wildman–Crippen LogP) is 2.81. The summed E-state index contributed by atoms with van der Waals surface area (Å²) in [5.74, 6) is -6.16. The number of aromatic nitrogens is 1. The van der Waals surface area contributed by atoms with E-state index in [4.69, 9.17) is 11.5 Å². The van der Waals surface area contributed by atoms with Gasteiger partial charge in [0, 0.05) is 29.3 Å². The molecular weight excluding hydrogens is 917 g/mol. The number of carbonyl (C=O) groups excluding carboxylic acids is 7. The number of para-hydroxylation sites is 1. The SMILES string of the molecule is CC(C)C[C@H](NC(=O)[C@H](CS)NC(=O)[C@H](Cc1c[nH]c2ccccc12)NC(=O)[C@H](CC(C)C)NC(=O)[C@H](CC(C)C)NC(=O)[C@H](CC(C)C)NC(=O)[C@@H](N)CC(C)C)C(=O)N[C@@H](CCCCN)C(=O)O. The second-order valence-corrected chi connectivity index (χ2v) is 20.9. The van der Waals surface area contributed by atoms with Crippen molar-refractivity contribution in [1.82, 2.24) is 42.2 Å². The molecule has 0 fully saturated rings. The Morgan fingerprint density at radius 1 is 0.529 bits per heavy atom. The number of amides is 7. The van der Waals surface area contributed by atoms with Crippen LogP contribution in [0.25, 0.3) is 10.9 Å². The Morgan fingerprint density at radius 2 is 0.900 bits per heavy atom. The normalized spacial score (nSPS) is 15.1. The molecule has 1 heterocycles. The molecule has 7 amide bonds. The Kier molecular flexibility index (Phi) is 26.5. The van der Waals surface area contributed by atoms with Crippen LogP contribution in [0.3, 0.4) is 0 Å². The highest BCUT2D eigenvalue weighted by Gasteiger charge is 2.35. The van der Waals surface area contributed by atoms with Crippen molar-refractivity contribution in [2.45, 2.75) is 175 Å². The smallest absolute Gasteiger partial charge is 0.326 e. The number of hydrogen-bond donors (Lipinski definition) is 12. The van der Waals surface area contributed by atoms with Crippen molar-refractivity contribution in [3.63, 3.8) is 0 Å². The van der Waals surface area contributed by atoms with Gasteiger partial charge in [0.05, 0.1) is 6.04 Å². The molecule has 0 bridgehead atoms. The summed E-state index contributed by atoms with van der Waals surface area (Å²) in [7, 11) is 0. The van der Waals surface area contributed by atoms with Gasteiger partial charge in [0.2, 0.25) is 41.4 Å². The molecule has 394 valence electrons. The van der Waals surface area contributed by atoms with Crippen molar-refractivity contribution in [2.24, 2.45) is 41.1 Å². The molecule has 1 aromatic carbocycles. The molecule has 0 aliphatic rings. The fraction of sp³-hybridized carbons (Fsp3) is 0.680. The Labute approximate surface area is 419 Å². The lowest BCUT2D eigenvalue weighted by Gasteiger charge is -2.29. The summed E-state index contributed by atoms with van der Waals surface area (Å²) < 4.78 is 0. The molecule has 70 heavy (non-hydrogen) atoms. The van der Waals surface area contributed by atoms with Crippen molar-refractivity contribution >= 4 is 70.9 Å². The van der Waals surface area contributed by atoms with Crippen LogP contribution in [0.4, 0.5) is 0 Å². The fourth-order valence-electron chi connectivity index (χ4n) is 8.01. The molecule has 19 nitrogen and oxygen atoms in total. The van der Waals surface area contributed by atoms with Crippen LogP contribution in [-0.4, -0.2) is 118 Å². The molecule has 13 N–H and O–H groups in total. The number of carboxylic acid groups (broad SMARTS) is 1. The Hall–Kier alpha value is -5.21. The van der Waals surface area contributed by atoms with Gasteiger partial charge in [-0.1, -0.05) is 87.4 Å². The van der Waals surface area contributed by atoms with Gasteiger partial charge in [0.25, 0.3) is 0 Å². The summed E-state index contributed by atoms with van der Waals surface area (Å²) in [6, 6.07) is -1.65. The number of benzene rings is 1. The van der Waals surface area contributed by atoms with E-state index < -0.39 is 95.7 Å². The number of nitrogens with two attached hydrogens (primary N) is 2. The number of aromatic amines is 1. The zero-order valence-corrected chi connectivity index (χ0v) is 43.9. The number of carbonyl (C=O) groups is 8. The van der Waals surface area contributed by atoms with E-state index in [0.29, 0.717) is 31.4 Å². The van der Waals surface area contributed by atoms with Crippen molar-refractivity contribution in [3.05, 3.63) is 36.0 Å². The second kappa shape index (κ2) is 30.5. The zero-order valence-electron chi connectivity index (χ0n) is 43.0. The largest absolute Gasteiger partial charge is 0.480 e. The Balaban J connectivity index is 2.45. The first-order chi connectivity index (χ1) is 32.9. The van der Waals surface area contributed by atoms with Crippen molar-refractivity contribution in [1.29, 1.82) is 0 Å². The van der Waals surface area contributed by atoms with E-state index in [9.17, 15) is 43.5 Å². The van der Waals surface area contributed by atoms with Gasteiger partial charge in [-0.3, -0.25) is 33.6 Å². The number of hydrogen-bond acceptors (Lipinski definition) is 11. The molecule has 0 unspecified atom stereocenters. The van der Waals surface area contributed by atoms with Gasteiger partial charge >= 0.3 is 5.97 Å². The molecule has 2 aromatic rings. The van der Waals surface area contributed by atoms with Gasteiger partial charge in [0.1, 0.15) is 42.3 Å². The third kappa shape index (κ3) is 21.4. The number of nitrogens with one attached hydrogen (secondary N) is 8. The Bertz CT molecular complexity index is 2030. The van der Waals surface area contributed by atoms with Gasteiger partial charge in [-0.25, -0.2) is 4.79 Å². The maximum atomic E-state index is 14.5. The summed E-state index contributed by atoms with van der Waals surface area (Å²) in [5, 5.41) is 29.8. The van der Waals surface area contributed by atoms with E-state index in [2.05, 4.69) is 54.8 Å². The summed E-state index contributed by atoms with van der Waals surface area (Å²) in [6.45, 7) is 19.2. The molecule has 0 saturated heterocycles. The van der Waals surface area contributed by atoms with E-state index in [1.807, 2.05) is 93.5 Å². The lowest BCUT2D eigenvalue weighted by Crippen LogP contribution is -2.61. The van der Waals surface area contributed by atoms with Crippen LogP contribution in [0.15, 0.2) is 30.5 Å². The summed E-state index contributed by atoms with van der Waals surface area (Å²) >= 11 is 4.36. The maximum Gasteiger partial charge on any atom is 0.326 e. The summed E-state index contributed by atoms with van der Waals surface area (Å²) in [6.07, 6.45) is 4.07. The number of fused-ring (bicyclic) bond motifs is 1. The monoisotopic (exact) mass is 1000 g/mol. The number of H-pyrrole nitrogens is 1. The highest BCUT2D eigenvalue weighted by atomic mass is 32.1. The topological polar surface area (TPSA) is 309 Å². The maximum absolute atomic E-state index is 14.5. The standard InChI is InChI=1S/C50H84N10O9S/c1-27(2)19-34(52)43(61)55-37(20-28(3)4)45(63)56-39(22-30(7)8)46(64)57-40(23-31(9)10)47(65)59-41(24-32-25-53-35-16-12-11-15-33(32)35)48(66)60-42(26-70)49(67)58-38(21-29(5)6)44(62)54-36(50(68)69)17-13-14-18-51/h11-12,15-16,25,27-31,34,36-42,53,70H,13-14,17-24,26,51-52H2,1-10H3,(H,54,62)(H,55,61)(H,56,63)(H,57,64)(H,58,67)(H,59,65)(H,60,66)(H,68,69)/t34-,36-,37-,38-,39-,40-,41-,42-/m0/s1. The minimum absolute atomic E-state index is 0.00395. The third-order valence-corrected chi connectivity index (χ3v) is 11.9. The number of carboxylic acids is 1. The third-order valence-electron chi connectivity index (χ3n) is 11.5. The van der Waals surface area contributed by atoms with Crippen LogP contribution in [0.2, 0.25) is 0 Å². The molecule has 0 saturated carbocycles. The Morgan fingerprint density at radius 3 is 1.31 bits per heavy atom. The molecule has 0 radical (unpaired) electrons. The minimum atomic E-state index is -1.30. The van der Waals surface area contributed by atoms with Crippen LogP contribution in [-0.2, 0) is 44.8 Å². The number of rotatable bonds is 32. The highest BCUT2D eigenvalue weighted by molar-refractivity contribution is 7.80. The lowest BCUT2D eigenvalue weighted by molar-refractivity contribution is -0.142. The van der Waals surface area contributed by atoms with Crippen LogP contribution in [0, 0.1) is 29.6 Å². The number of aliphatic carboxylic acids is 1. The van der Waals surface area contributed by atoms with Crippen molar-refractivity contribution < 1.29 is 43.5 Å². The van der Waals surface area contributed by atoms with E-state index in [0.717, 1.165) is 10.9 Å². The van der Waals surface area contributed by atoms with E-state index >= 15 is 0 Å². The first-order valence-electron chi connectivity index (χ1n) is 24.8. The van der Waals surface area contributed by atoms with Crippen molar-refractivity contribution in [2.75, 3.05) is 12.3 Å². The van der Waals surface area contributed by atoms with E-state index in [1.54, 1.807) is 6.20 Å². The van der Waals surface area contributed by atoms with Crippen molar-refractivity contribution in [3.8, 4) is 0 Å². The van der Waals surface area contributed by atoms with Gasteiger partial charge < -0.3 is 58.8 Å². The van der Waals surface area contributed by atoms with Crippen LogP contribution in [0.1, 0.15) is 126 Å². The first kappa shape index (κ1) is 60.9. The van der Waals surface area contributed by atoms with Gasteiger partial charge in [-0.05, 0) is 99.1 Å². The predicted molar refractivity (Wildman–Crippen MR) is 275 cm³/mol. The molecule has 0 aliphatic carbocycles. The number of unbranched alkanes of at least 4 members (excludes halogenated alkanes) is 1. The fourth-order valence-corrected chi connectivity index (χ4v) is 8.27. The summed E-state index contributed by atoms with van der Waals surface area (Å²) in [5.41, 5.74) is 13.2. The van der Waals surface area contributed by atoms with E-state index in [-0.39, 0.29) is 73.9 Å². The van der Waals surface area contributed by atoms with Crippen LogP contribution in [0.5, 0.6) is 0 Å². The van der Waals surface area contributed by atoms with Crippen LogP contribution >= 0.6 is 12.6 Å². The van der Waals surface area contributed by atoms with Gasteiger partial charge in [-0.15, -0.1) is 0 Å². The average molecular weight is 1000 g/mol. The molecule has 20 heteroatoms. The van der Waals surface area contributed by atoms with Crippen LogP contribution < -0.4 is 48.7 Å². The number of thiol groups is 1.